The van der Waals surface area contributed by atoms with Crippen molar-refractivity contribution >= 4 is 34.7 Å². The first-order valence-corrected chi connectivity index (χ1v) is 10.7. The molecule has 0 spiro atoms. The van der Waals surface area contributed by atoms with Crippen LogP contribution in [-0.4, -0.2) is 67.4 Å². The number of ether oxygens (including phenoxy) is 1. The number of piperidine rings is 1. The minimum absolute atomic E-state index is 0.425. The van der Waals surface area contributed by atoms with Crippen molar-refractivity contribution in [2.24, 2.45) is 0 Å². The number of thiophene rings is 1. The van der Waals surface area contributed by atoms with Crippen molar-refractivity contribution in [1.82, 2.24) is 14.9 Å². The summed E-state index contributed by atoms with van der Waals surface area (Å²) in [6.45, 7) is 6.43. The van der Waals surface area contributed by atoms with E-state index in [2.05, 4.69) is 32.8 Å². The predicted molar refractivity (Wildman–Crippen MR) is 111 cm³/mol. The van der Waals surface area contributed by atoms with E-state index < -0.39 is 0 Å². The minimum Gasteiger partial charge on any atom is -0.378 e. The normalized spacial score (nSPS) is 21.4. The van der Waals surface area contributed by atoms with E-state index >= 15 is 0 Å². The Bertz CT molecular complexity index is 751. The lowest BCUT2D eigenvalue weighted by molar-refractivity contribution is 0.122. The number of hydrogen-bond donors (Lipinski definition) is 0. The lowest BCUT2D eigenvalue weighted by Crippen LogP contribution is -2.46. The fourth-order valence-electron chi connectivity index (χ4n) is 3.79. The van der Waals surface area contributed by atoms with Crippen molar-refractivity contribution in [3.05, 3.63) is 33.6 Å². The highest BCUT2D eigenvalue weighted by atomic mass is 35.5. The van der Waals surface area contributed by atoms with E-state index in [1.165, 1.54) is 17.7 Å². The molecular formula is C19H26ClN5OS. The van der Waals surface area contributed by atoms with Gasteiger partial charge >= 0.3 is 0 Å². The largest absolute Gasteiger partial charge is 0.378 e. The molecule has 2 aromatic rings. The molecule has 2 aliphatic heterocycles. The first kappa shape index (κ1) is 18.9. The van der Waals surface area contributed by atoms with Crippen LogP contribution >= 0.6 is 22.9 Å². The summed E-state index contributed by atoms with van der Waals surface area (Å²) in [6.07, 6.45) is 4.23. The number of likely N-dealkylation sites (N-methyl/N-ethyl adjacent to an activating group) is 1. The fraction of sp³-hybridized carbons (Fsp3) is 0.579. The van der Waals surface area contributed by atoms with Crippen molar-refractivity contribution in [2.45, 2.75) is 25.4 Å². The molecule has 6 nitrogen and oxygen atoms in total. The van der Waals surface area contributed by atoms with E-state index in [1.807, 2.05) is 18.3 Å². The molecule has 8 heteroatoms. The molecular weight excluding hydrogens is 382 g/mol. The molecule has 2 aliphatic rings. The zero-order chi connectivity index (χ0) is 18.6. The van der Waals surface area contributed by atoms with Gasteiger partial charge in [-0.15, -0.1) is 11.3 Å². The maximum atomic E-state index is 6.08. The second-order valence-electron chi connectivity index (χ2n) is 7.16. The highest BCUT2D eigenvalue weighted by Gasteiger charge is 2.25. The summed E-state index contributed by atoms with van der Waals surface area (Å²) >= 11 is 7.75. The SMILES string of the molecule is CN(c1nccc(N2CCOCC2)n1)C1CCCN(Cc2ccc(Cl)s2)C1. The first-order valence-electron chi connectivity index (χ1n) is 9.54. The van der Waals surface area contributed by atoms with Crippen molar-refractivity contribution in [3.63, 3.8) is 0 Å². The number of hydrogen-bond acceptors (Lipinski definition) is 7. The molecule has 4 heterocycles. The third-order valence-electron chi connectivity index (χ3n) is 5.32. The van der Waals surface area contributed by atoms with E-state index in [0.717, 1.165) is 62.0 Å². The molecule has 2 saturated heterocycles. The number of morpholine rings is 1. The van der Waals surface area contributed by atoms with Crippen LogP contribution in [0.3, 0.4) is 0 Å². The van der Waals surface area contributed by atoms with Gasteiger partial charge in [-0.25, -0.2) is 4.98 Å². The molecule has 0 radical (unpaired) electrons. The van der Waals surface area contributed by atoms with Gasteiger partial charge in [0.15, 0.2) is 0 Å². The van der Waals surface area contributed by atoms with E-state index in [0.29, 0.717) is 6.04 Å². The Hall–Kier alpha value is -1.41. The molecule has 1 unspecified atom stereocenters. The summed E-state index contributed by atoms with van der Waals surface area (Å²) < 4.78 is 6.31. The van der Waals surface area contributed by atoms with Crippen LogP contribution in [0.1, 0.15) is 17.7 Å². The Morgan fingerprint density at radius 3 is 2.89 bits per heavy atom. The Balaban J connectivity index is 1.41. The van der Waals surface area contributed by atoms with Crippen molar-refractivity contribution in [1.29, 1.82) is 0 Å². The van der Waals surface area contributed by atoms with Gasteiger partial charge in [0.05, 0.1) is 17.6 Å². The Labute approximate surface area is 169 Å². The van der Waals surface area contributed by atoms with Crippen molar-refractivity contribution in [2.75, 3.05) is 56.2 Å². The zero-order valence-electron chi connectivity index (χ0n) is 15.7. The smallest absolute Gasteiger partial charge is 0.227 e. The zero-order valence-corrected chi connectivity index (χ0v) is 17.3. The van der Waals surface area contributed by atoms with Gasteiger partial charge in [-0.2, -0.15) is 4.98 Å². The molecule has 0 aromatic carbocycles. The summed E-state index contributed by atoms with van der Waals surface area (Å²) in [5.41, 5.74) is 0. The topological polar surface area (TPSA) is 44.7 Å². The molecule has 0 amide bonds. The highest BCUT2D eigenvalue weighted by molar-refractivity contribution is 7.16. The van der Waals surface area contributed by atoms with Crippen LogP contribution < -0.4 is 9.80 Å². The number of halogens is 1. The van der Waals surface area contributed by atoms with Gasteiger partial charge in [0, 0.05) is 50.3 Å². The molecule has 2 fully saturated rings. The number of rotatable bonds is 5. The van der Waals surface area contributed by atoms with Gasteiger partial charge in [0.1, 0.15) is 5.82 Å². The van der Waals surface area contributed by atoms with Crippen LogP contribution in [0.15, 0.2) is 24.4 Å². The number of nitrogens with zero attached hydrogens (tertiary/aromatic N) is 5. The van der Waals surface area contributed by atoms with Crippen LogP contribution in [0.5, 0.6) is 0 Å². The van der Waals surface area contributed by atoms with Crippen molar-refractivity contribution < 1.29 is 4.74 Å². The monoisotopic (exact) mass is 407 g/mol. The molecule has 27 heavy (non-hydrogen) atoms. The third kappa shape index (κ3) is 4.71. The van der Waals surface area contributed by atoms with Gasteiger partial charge in [0.25, 0.3) is 0 Å². The molecule has 0 aliphatic carbocycles. The summed E-state index contributed by atoms with van der Waals surface area (Å²) in [4.78, 5) is 17.7. The van der Waals surface area contributed by atoms with Gasteiger partial charge < -0.3 is 14.5 Å². The van der Waals surface area contributed by atoms with Gasteiger partial charge in [-0.1, -0.05) is 11.6 Å². The van der Waals surface area contributed by atoms with E-state index in [9.17, 15) is 0 Å². The highest BCUT2D eigenvalue weighted by Crippen LogP contribution is 2.26. The predicted octanol–water partition coefficient (Wildman–Crippen LogP) is 3.13. The number of likely N-dealkylation sites (tertiary alicyclic amines) is 1. The fourth-order valence-corrected chi connectivity index (χ4v) is 4.92. The van der Waals surface area contributed by atoms with Gasteiger partial charge in [0.2, 0.25) is 5.95 Å². The second-order valence-corrected chi connectivity index (χ2v) is 8.96. The molecule has 0 saturated carbocycles. The van der Waals surface area contributed by atoms with Crippen LogP contribution in [0.2, 0.25) is 4.34 Å². The second kappa shape index (κ2) is 8.73. The minimum atomic E-state index is 0.425. The van der Waals surface area contributed by atoms with Crippen LogP contribution in [0, 0.1) is 0 Å². The Morgan fingerprint density at radius 1 is 1.26 bits per heavy atom. The van der Waals surface area contributed by atoms with Crippen molar-refractivity contribution in [3.8, 4) is 0 Å². The van der Waals surface area contributed by atoms with E-state index in [-0.39, 0.29) is 0 Å². The standard InChI is InChI=1S/C19H26ClN5OS/c1-23(19-21-7-6-18(22-19)25-9-11-26-12-10-25)15-3-2-8-24(13-15)14-16-4-5-17(20)27-16/h4-7,15H,2-3,8-14H2,1H3. The first-order chi connectivity index (χ1) is 13.2. The van der Waals surface area contributed by atoms with Crippen LogP contribution in [0.25, 0.3) is 0 Å². The summed E-state index contributed by atoms with van der Waals surface area (Å²) in [5, 5.41) is 0. The summed E-state index contributed by atoms with van der Waals surface area (Å²) in [5.74, 6) is 1.81. The average Bonchev–Trinajstić information content (AvgIpc) is 3.13. The quantitative estimate of drug-likeness (QED) is 0.758. The summed E-state index contributed by atoms with van der Waals surface area (Å²) in [6, 6.07) is 6.54. The number of anilines is 2. The average molecular weight is 408 g/mol. The molecule has 4 rings (SSSR count). The maximum Gasteiger partial charge on any atom is 0.227 e. The molecule has 0 bridgehead atoms. The molecule has 2 aromatic heterocycles. The van der Waals surface area contributed by atoms with Gasteiger partial charge in [-0.05, 0) is 37.6 Å². The van der Waals surface area contributed by atoms with E-state index in [4.69, 9.17) is 21.3 Å². The summed E-state index contributed by atoms with van der Waals surface area (Å²) in [7, 11) is 2.12. The van der Waals surface area contributed by atoms with Crippen LogP contribution in [-0.2, 0) is 11.3 Å². The lowest BCUT2D eigenvalue weighted by Gasteiger charge is -2.37. The van der Waals surface area contributed by atoms with E-state index in [1.54, 1.807) is 11.3 Å². The molecule has 0 N–H and O–H groups in total. The Morgan fingerprint density at radius 2 is 2.11 bits per heavy atom. The lowest BCUT2D eigenvalue weighted by atomic mass is 10.0. The third-order valence-corrected chi connectivity index (χ3v) is 6.53. The van der Waals surface area contributed by atoms with Gasteiger partial charge in [-0.3, -0.25) is 4.90 Å². The molecule has 1 atom stereocenters. The molecule has 146 valence electrons. The maximum absolute atomic E-state index is 6.08. The number of aromatic nitrogens is 2. The van der Waals surface area contributed by atoms with Crippen LogP contribution in [0.4, 0.5) is 11.8 Å². The Kier molecular flexibility index (Phi) is 6.12.